The monoisotopic (exact) mass is 624 g/mol. The van der Waals surface area contributed by atoms with Gasteiger partial charge in [0.25, 0.3) is 0 Å². The molecule has 2 aliphatic heterocycles. The Morgan fingerprint density at radius 2 is 1.85 bits per heavy atom. The van der Waals surface area contributed by atoms with Crippen molar-refractivity contribution in [3.63, 3.8) is 0 Å². The van der Waals surface area contributed by atoms with Crippen LogP contribution in [0.1, 0.15) is 102 Å². The van der Waals surface area contributed by atoms with Crippen molar-refractivity contribution in [3.8, 4) is 17.2 Å². The number of carboxylic acids is 1. The van der Waals surface area contributed by atoms with E-state index in [-0.39, 0.29) is 57.9 Å². The fourth-order valence-corrected chi connectivity index (χ4v) is 11.0. The lowest BCUT2D eigenvalue weighted by Crippen LogP contribution is -2.64. The number of phenols is 1. The number of ether oxygens (including phenoxy) is 2. The van der Waals surface area contributed by atoms with Gasteiger partial charge in [0, 0.05) is 40.4 Å². The fraction of sp³-hybridized carbons (Fsp3) is 0.564. The van der Waals surface area contributed by atoms with E-state index in [0.717, 1.165) is 41.5 Å². The second kappa shape index (κ2) is 8.84. The first-order valence-electron chi connectivity index (χ1n) is 16.9. The van der Waals surface area contributed by atoms with Crippen molar-refractivity contribution in [1.29, 1.82) is 0 Å². The maximum Gasteiger partial charge on any atom is 0.310 e. The van der Waals surface area contributed by atoms with E-state index in [1.807, 2.05) is 20.8 Å². The lowest BCUT2D eigenvalue weighted by Gasteiger charge is -2.53. The van der Waals surface area contributed by atoms with Gasteiger partial charge < -0.3 is 19.7 Å². The van der Waals surface area contributed by atoms with Crippen molar-refractivity contribution >= 4 is 17.5 Å². The number of rotatable bonds is 6. The zero-order chi connectivity index (χ0) is 33.0. The van der Waals surface area contributed by atoms with Crippen LogP contribution < -0.4 is 9.47 Å². The van der Waals surface area contributed by atoms with Crippen molar-refractivity contribution in [2.75, 3.05) is 0 Å². The van der Waals surface area contributed by atoms with Crippen LogP contribution >= 0.6 is 0 Å². The van der Waals surface area contributed by atoms with E-state index in [2.05, 4.69) is 33.4 Å². The Kier molecular flexibility index (Phi) is 5.72. The highest BCUT2D eigenvalue weighted by Gasteiger charge is 2.89. The first kappa shape index (κ1) is 29.8. The van der Waals surface area contributed by atoms with E-state index in [1.165, 1.54) is 0 Å². The van der Waals surface area contributed by atoms with Crippen LogP contribution in [0, 0.1) is 40.4 Å². The lowest BCUT2D eigenvalue weighted by molar-refractivity contribution is -0.143. The number of aliphatic carboxylic acids is 1. The fourth-order valence-electron chi connectivity index (χ4n) is 11.0. The summed E-state index contributed by atoms with van der Waals surface area (Å²) in [6.07, 6.45) is 8.83. The maximum atomic E-state index is 15.1. The molecule has 0 amide bonds. The third kappa shape index (κ3) is 3.32. The number of carboxylic acid groups (broad SMARTS) is 1. The van der Waals surface area contributed by atoms with Crippen LogP contribution in [-0.2, 0) is 16.0 Å². The number of fused-ring (bicyclic) bond motifs is 5. The smallest absolute Gasteiger partial charge is 0.310 e. The Balaban J connectivity index is 1.41. The van der Waals surface area contributed by atoms with E-state index in [0.29, 0.717) is 35.5 Å². The number of hydrogen-bond acceptors (Lipinski definition) is 6. The van der Waals surface area contributed by atoms with Gasteiger partial charge in [0.15, 0.2) is 11.4 Å². The average molecular weight is 625 g/mol. The number of Topliss-reactive ketones (excluding diaryl/α,β-unsaturated/α-hetero) is 2. The van der Waals surface area contributed by atoms with E-state index < -0.39 is 28.5 Å². The van der Waals surface area contributed by atoms with Gasteiger partial charge in [-0.05, 0) is 83.6 Å². The normalized spacial score (nSPS) is 38.8. The van der Waals surface area contributed by atoms with Crippen LogP contribution in [0.5, 0.6) is 17.2 Å². The van der Waals surface area contributed by atoms with Gasteiger partial charge >= 0.3 is 5.97 Å². The highest BCUT2D eigenvalue weighted by molar-refractivity contribution is 6.21. The molecule has 8 bridgehead atoms. The van der Waals surface area contributed by atoms with E-state index in [4.69, 9.17) is 9.47 Å². The third-order valence-electron chi connectivity index (χ3n) is 12.8. The second-order valence-corrected chi connectivity index (χ2v) is 16.6. The van der Waals surface area contributed by atoms with Gasteiger partial charge in [0.2, 0.25) is 5.78 Å². The number of ketones is 2. The SMILES string of the molecule is C=C(C)C1CC[C@]2(C)C[C@H]1c1c(O)c3c(c(CC=C(C)C)c1O2)O[C@]12C(=C4C5C1C(C)(C)C[C@@]2(/C=C/C(C)C(=O)O)C(=O)[C@H]45)C3=O. The van der Waals surface area contributed by atoms with Gasteiger partial charge in [0.05, 0.1) is 11.3 Å². The molecule has 9 rings (SSSR count). The molecular formula is C39H44O7. The predicted molar refractivity (Wildman–Crippen MR) is 172 cm³/mol. The maximum absolute atomic E-state index is 15.1. The molecule has 242 valence electrons. The molecule has 4 saturated carbocycles. The molecular weight excluding hydrogens is 580 g/mol. The average Bonchev–Trinajstić information content (AvgIpc) is 3.52. The largest absolute Gasteiger partial charge is 0.507 e. The van der Waals surface area contributed by atoms with Crippen molar-refractivity contribution in [1.82, 2.24) is 0 Å². The molecule has 7 heteroatoms. The van der Waals surface area contributed by atoms with Crippen molar-refractivity contribution in [2.45, 2.75) is 97.7 Å². The highest BCUT2D eigenvalue weighted by Crippen LogP contribution is 2.84. The van der Waals surface area contributed by atoms with Crippen molar-refractivity contribution in [2.24, 2.45) is 40.4 Å². The van der Waals surface area contributed by atoms with Gasteiger partial charge in [-0.1, -0.05) is 49.8 Å². The first-order chi connectivity index (χ1) is 21.5. The van der Waals surface area contributed by atoms with E-state index in [9.17, 15) is 19.8 Å². The Morgan fingerprint density at radius 3 is 2.50 bits per heavy atom. The Labute approximate surface area is 270 Å². The van der Waals surface area contributed by atoms with Gasteiger partial charge in [-0.25, -0.2) is 0 Å². The number of phenolic OH excluding ortho intramolecular Hbond substituents is 1. The highest BCUT2D eigenvalue weighted by atomic mass is 16.5. The first-order valence-corrected chi connectivity index (χ1v) is 16.9. The number of hydrogen-bond donors (Lipinski definition) is 2. The summed E-state index contributed by atoms with van der Waals surface area (Å²) >= 11 is 0. The number of aromatic hydroxyl groups is 1. The molecule has 8 aliphatic rings. The standard InChI is InChI=1S/C39H44O7/c1-17(2)9-10-21-31-23(22-15-37(8,45-31)13-12-20(22)18(3)4)29(40)27-30(41)28-24-25-26(24)34(42)38(14-11-19(5)35(43)44)16-36(6,7)33(25)39(28,38)46-32(21)27/h9,11,14,19-20,22,25-26,33,40H,3,10,12-13,15-16H2,1-2,4-8H3,(H,43,44)/b14-11+/t19?,20?,22-,25?,26-,33?,37-,38+,39-/m1/s1. The van der Waals surface area contributed by atoms with Crippen LogP contribution in [0.4, 0.5) is 0 Å². The lowest BCUT2D eigenvalue weighted by atomic mass is 9.57. The summed E-state index contributed by atoms with van der Waals surface area (Å²) in [5.74, 6) is -1.63. The zero-order valence-corrected chi connectivity index (χ0v) is 27.9. The molecule has 1 spiro atoms. The van der Waals surface area contributed by atoms with Crippen LogP contribution in [-0.4, -0.2) is 39.0 Å². The van der Waals surface area contributed by atoms with Crippen LogP contribution in [0.2, 0.25) is 0 Å². The topological polar surface area (TPSA) is 110 Å². The molecule has 2 heterocycles. The number of allylic oxidation sites excluding steroid dienone is 4. The molecule has 6 aliphatic carbocycles. The number of carbonyl (C=O) groups is 3. The Hall–Kier alpha value is -3.61. The minimum Gasteiger partial charge on any atom is -0.507 e. The molecule has 46 heavy (non-hydrogen) atoms. The minimum absolute atomic E-state index is 0.0267. The second-order valence-electron chi connectivity index (χ2n) is 16.6. The molecule has 0 aromatic heterocycles. The molecule has 2 N–H and O–H groups in total. The summed E-state index contributed by atoms with van der Waals surface area (Å²) in [6, 6.07) is 0. The molecule has 0 saturated heterocycles. The summed E-state index contributed by atoms with van der Waals surface area (Å²) in [5.41, 5.74) is 1.90. The predicted octanol–water partition coefficient (Wildman–Crippen LogP) is 7.27. The van der Waals surface area contributed by atoms with Crippen LogP contribution in [0.25, 0.3) is 0 Å². The Bertz CT molecular complexity index is 1800. The summed E-state index contributed by atoms with van der Waals surface area (Å²) < 4.78 is 14.2. The van der Waals surface area contributed by atoms with Crippen LogP contribution in [0.3, 0.4) is 0 Å². The molecule has 0 radical (unpaired) electrons. The van der Waals surface area contributed by atoms with E-state index >= 15 is 4.79 Å². The summed E-state index contributed by atoms with van der Waals surface area (Å²) in [6.45, 7) is 18.4. The van der Waals surface area contributed by atoms with Crippen molar-refractivity contribution in [3.05, 3.63) is 63.8 Å². The summed E-state index contributed by atoms with van der Waals surface area (Å²) in [7, 11) is 0. The van der Waals surface area contributed by atoms with Gasteiger partial charge in [-0.3, -0.25) is 14.4 Å². The molecule has 1 aromatic rings. The van der Waals surface area contributed by atoms with Gasteiger partial charge in [0.1, 0.15) is 28.4 Å². The molecule has 1 aromatic carbocycles. The van der Waals surface area contributed by atoms with Crippen LogP contribution in [0.15, 0.2) is 47.1 Å². The number of carbonyl (C=O) groups excluding carboxylic acids is 2. The summed E-state index contributed by atoms with van der Waals surface area (Å²) in [5, 5.41) is 22.0. The summed E-state index contributed by atoms with van der Waals surface area (Å²) in [4.78, 5) is 41.5. The Morgan fingerprint density at radius 1 is 1.13 bits per heavy atom. The number of benzene rings is 1. The minimum atomic E-state index is -1.27. The molecule has 4 fully saturated rings. The quantitative estimate of drug-likeness (QED) is 0.320. The molecule has 7 nitrogen and oxygen atoms in total. The van der Waals surface area contributed by atoms with Gasteiger partial charge in [-0.2, -0.15) is 0 Å². The zero-order valence-electron chi connectivity index (χ0n) is 27.9. The van der Waals surface area contributed by atoms with Gasteiger partial charge in [-0.15, -0.1) is 0 Å². The van der Waals surface area contributed by atoms with Crippen molar-refractivity contribution < 1.29 is 34.1 Å². The molecule has 4 unspecified atom stereocenters. The van der Waals surface area contributed by atoms with E-state index in [1.54, 1.807) is 19.1 Å². The molecule has 9 atom stereocenters. The third-order valence-corrected chi connectivity index (χ3v) is 12.8.